The highest BCUT2D eigenvalue weighted by molar-refractivity contribution is 5.99. The lowest BCUT2D eigenvalue weighted by Crippen LogP contribution is -2.45. The summed E-state index contributed by atoms with van der Waals surface area (Å²) >= 11 is 0. The fraction of sp³-hybridized carbons (Fsp3) is 0.467. The Kier molecular flexibility index (Phi) is 5.58. The number of benzene rings is 1. The van der Waals surface area contributed by atoms with E-state index in [2.05, 4.69) is 10.6 Å². The van der Waals surface area contributed by atoms with E-state index in [0.29, 0.717) is 17.1 Å². The van der Waals surface area contributed by atoms with Crippen molar-refractivity contribution in [1.29, 1.82) is 0 Å². The van der Waals surface area contributed by atoms with Gasteiger partial charge in [-0.15, -0.1) is 0 Å². The van der Waals surface area contributed by atoms with Crippen molar-refractivity contribution in [2.45, 2.75) is 26.3 Å². The molecular weight excluding hydrogens is 272 g/mol. The van der Waals surface area contributed by atoms with Crippen LogP contribution in [0, 0.1) is 0 Å². The fourth-order valence-electron chi connectivity index (χ4n) is 1.78. The number of para-hydroxylation sites is 1. The fourth-order valence-corrected chi connectivity index (χ4v) is 1.78. The van der Waals surface area contributed by atoms with Crippen molar-refractivity contribution in [2.75, 3.05) is 20.8 Å². The van der Waals surface area contributed by atoms with E-state index < -0.39 is 5.91 Å². The number of carbonyl (C=O) groups excluding carboxylic acids is 2. The molecule has 0 fully saturated rings. The molecule has 0 unspecified atom stereocenters. The van der Waals surface area contributed by atoms with Gasteiger partial charge in [0, 0.05) is 5.54 Å². The van der Waals surface area contributed by atoms with Crippen molar-refractivity contribution in [3.8, 4) is 11.5 Å². The maximum atomic E-state index is 12.1. The van der Waals surface area contributed by atoms with Gasteiger partial charge in [-0.05, 0) is 32.9 Å². The zero-order valence-corrected chi connectivity index (χ0v) is 13.1. The number of carbonyl (C=O) groups is 2. The molecule has 0 saturated carbocycles. The Labute approximate surface area is 124 Å². The first kappa shape index (κ1) is 16.8. The molecule has 0 heterocycles. The van der Waals surface area contributed by atoms with Gasteiger partial charge in [0.2, 0.25) is 5.91 Å². The normalized spacial score (nSPS) is 10.7. The standard InChI is InChI=1S/C15H22N2O4/c1-15(2,3)17-12(18)9-16-14(19)10-7-6-8-11(20-4)13(10)21-5/h6-8H,9H2,1-5H3,(H,16,19)(H,17,18). The maximum absolute atomic E-state index is 12.1. The van der Waals surface area contributed by atoms with Crippen molar-refractivity contribution < 1.29 is 19.1 Å². The predicted octanol–water partition coefficient (Wildman–Crippen LogP) is 1.35. The molecule has 0 atom stereocenters. The van der Waals surface area contributed by atoms with Crippen LogP contribution in [-0.2, 0) is 4.79 Å². The molecule has 2 amide bonds. The Hall–Kier alpha value is -2.24. The first-order valence-corrected chi connectivity index (χ1v) is 6.58. The van der Waals surface area contributed by atoms with E-state index in [0.717, 1.165) is 0 Å². The van der Waals surface area contributed by atoms with E-state index in [1.54, 1.807) is 18.2 Å². The summed E-state index contributed by atoms with van der Waals surface area (Å²) in [7, 11) is 2.96. The Morgan fingerprint density at radius 1 is 1.14 bits per heavy atom. The highest BCUT2D eigenvalue weighted by Crippen LogP contribution is 2.30. The quantitative estimate of drug-likeness (QED) is 0.859. The van der Waals surface area contributed by atoms with E-state index in [1.165, 1.54) is 14.2 Å². The molecule has 0 aliphatic carbocycles. The summed E-state index contributed by atoms with van der Waals surface area (Å²) in [5, 5.41) is 5.33. The molecule has 6 nitrogen and oxygen atoms in total. The van der Waals surface area contributed by atoms with Gasteiger partial charge >= 0.3 is 0 Å². The maximum Gasteiger partial charge on any atom is 0.255 e. The largest absolute Gasteiger partial charge is 0.493 e. The Bertz CT molecular complexity index is 521. The van der Waals surface area contributed by atoms with E-state index in [4.69, 9.17) is 9.47 Å². The van der Waals surface area contributed by atoms with Gasteiger partial charge in [0.15, 0.2) is 11.5 Å². The zero-order chi connectivity index (χ0) is 16.0. The predicted molar refractivity (Wildman–Crippen MR) is 79.8 cm³/mol. The highest BCUT2D eigenvalue weighted by Gasteiger charge is 2.18. The van der Waals surface area contributed by atoms with Crippen LogP contribution in [-0.4, -0.2) is 38.1 Å². The lowest BCUT2D eigenvalue weighted by molar-refractivity contribution is -0.121. The molecule has 2 N–H and O–H groups in total. The lowest BCUT2D eigenvalue weighted by Gasteiger charge is -2.20. The van der Waals surface area contributed by atoms with E-state index >= 15 is 0 Å². The second kappa shape index (κ2) is 6.97. The molecular formula is C15H22N2O4. The summed E-state index contributed by atoms with van der Waals surface area (Å²) in [5.74, 6) is 0.158. The average molecular weight is 294 g/mol. The topological polar surface area (TPSA) is 76.7 Å². The first-order valence-electron chi connectivity index (χ1n) is 6.58. The van der Waals surface area contributed by atoms with Crippen LogP contribution >= 0.6 is 0 Å². The summed E-state index contributed by atoms with van der Waals surface area (Å²) in [6.45, 7) is 5.52. The average Bonchev–Trinajstić information content (AvgIpc) is 2.41. The van der Waals surface area contributed by atoms with E-state index in [9.17, 15) is 9.59 Å². The molecule has 21 heavy (non-hydrogen) atoms. The number of ether oxygens (including phenoxy) is 2. The number of hydrogen-bond donors (Lipinski definition) is 2. The molecule has 0 saturated heterocycles. The van der Waals surface area contributed by atoms with Gasteiger partial charge in [-0.1, -0.05) is 6.07 Å². The lowest BCUT2D eigenvalue weighted by atomic mass is 10.1. The van der Waals surface area contributed by atoms with Crippen molar-refractivity contribution in [2.24, 2.45) is 0 Å². The number of hydrogen-bond acceptors (Lipinski definition) is 4. The molecule has 0 aliphatic rings. The molecule has 1 rings (SSSR count). The molecule has 0 aliphatic heterocycles. The highest BCUT2D eigenvalue weighted by atomic mass is 16.5. The molecule has 6 heteroatoms. The van der Waals surface area contributed by atoms with Crippen LogP contribution < -0.4 is 20.1 Å². The molecule has 1 aromatic carbocycles. The third-order valence-electron chi connectivity index (χ3n) is 2.57. The SMILES string of the molecule is COc1cccc(C(=O)NCC(=O)NC(C)(C)C)c1OC. The van der Waals surface area contributed by atoms with Crippen LogP contribution in [0.5, 0.6) is 11.5 Å². The Balaban J connectivity index is 2.75. The van der Waals surface area contributed by atoms with E-state index in [1.807, 2.05) is 20.8 Å². The smallest absolute Gasteiger partial charge is 0.255 e. The molecule has 1 aromatic rings. The summed E-state index contributed by atoms with van der Waals surface area (Å²) in [4.78, 5) is 23.8. The van der Waals surface area contributed by atoms with Gasteiger partial charge in [-0.3, -0.25) is 9.59 Å². The van der Waals surface area contributed by atoms with Crippen LogP contribution in [0.2, 0.25) is 0 Å². The minimum absolute atomic E-state index is 0.101. The van der Waals surface area contributed by atoms with Crippen molar-refractivity contribution in [3.05, 3.63) is 23.8 Å². The van der Waals surface area contributed by atoms with Crippen LogP contribution in [0.3, 0.4) is 0 Å². The number of rotatable bonds is 5. The third-order valence-corrected chi connectivity index (χ3v) is 2.57. The van der Waals surface area contributed by atoms with Crippen LogP contribution in [0.25, 0.3) is 0 Å². The molecule has 0 aromatic heterocycles. The number of methoxy groups -OCH3 is 2. The van der Waals surface area contributed by atoms with Crippen molar-refractivity contribution >= 4 is 11.8 Å². The summed E-state index contributed by atoms with van der Waals surface area (Å²) in [6.07, 6.45) is 0. The van der Waals surface area contributed by atoms with Crippen LogP contribution in [0.4, 0.5) is 0 Å². The van der Waals surface area contributed by atoms with Gasteiger partial charge in [-0.2, -0.15) is 0 Å². The summed E-state index contributed by atoms with van der Waals surface area (Å²) in [5.41, 5.74) is -0.0180. The number of nitrogens with one attached hydrogen (secondary N) is 2. The molecule has 0 bridgehead atoms. The second-order valence-corrected chi connectivity index (χ2v) is 5.52. The van der Waals surface area contributed by atoms with Crippen LogP contribution in [0.15, 0.2) is 18.2 Å². The molecule has 0 radical (unpaired) electrons. The zero-order valence-electron chi connectivity index (χ0n) is 13.1. The van der Waals surface area contributed by atoms with Crippen LogP contribution in [0.1, 0.15) is 31.1 Å². The van der Waals surface area contributed by atoms with Crippen molar-refractivity contribution in [3.63, 3.8) is 0 Å². The van der Waals surface area contributed by atoms with Gasteiger partial charge in [0.25, 0.3) is 5.91 Å². The van der Waals surface area contributed by atoms with E-state index in [-0.39, 0.29) is 18.0 Å². The first-order chi connectivity index (χ1) is 9.78. The van der Waals surface area contributed by atoms with Gasteiger partial charge in [0.05, 0.1) is 26.3 Å². The number of amides is 2. The minimum atomic E-state index is -0.394. The van der Waals surface area contributed by atoms with Gasteiger partial charge in [-0.25, -0.2) is 0 Å². The molecule has 116 valence electrons. The Morgan fingerprint density at radius 2 is 1.81 bits per heavy atom. The monoisotopic (exact) mass is 294 g/mol. The minimum Gasteiger partial charge on any atom is -0.493 e. The second-order valence-electron chi connectivity index (χ2n) is 5.52. The third kappa shape index (κ3) is 4.98. The van der Waals surface area contributed by atoms with Crippen molar-refractivity contribution in [1.82, 2.24) is 10.6 Å². The Morgan fingerprint density at radius 3 is 2.33 bits per heavy atom. The van der Waals surface area contributed by atoms with Gasteiger partial charge in [0.1, 0.15) is 0 Å². The van der Waals surface area contributed by atoms with Gasteiger partial charge < -0.3 is 20.1 Å². The molecule has 0 spiro atoms. The summed E-state index contributed by atoms with van der Waals surface area (Å²) < 4.78 is 10.3. The summed E-state index contributed by atoms with van der Waals surface area (Å²) in [6, 6.07) is 4.99.